The Bertz CT molecular complexity index is 624. The van der Waals surface area contributed by atoms with E-state index in [1.807, 2.05) is 19.1 Å². The van der Waals surface area contributed by atoms with Crippen molar-refractivity contribution in [1.82, 2.24) is 9.55 Å². The van der Waals surface area contributed by atoms with E-state index in [0.717, 1.165) is 16.7 Å². The first-order valence-electron chi connectivity index (χ1n) is 6.74. The molecule has 3 heteroatoms. The number of hydrogen-bond acceptors (Lipinski definition) is 2. The van der Waals surface area contributed by atoms with Gasteiger partial charge in [-0.1, -0.05) is 19.3 Å². The van der Waals surface area contributed by atoms with E-state index in [-0.39, 0.29) is 5.43 Å². The normalized spacial score (nSPS) is 17.2. The maximum atomic E-state index is 12.0. The monoisotopic (exact) mass is 242 g/mol. The number of nitrogens with zero attached hydrogens (tertiary/aromatic N) is 2. The maximum absolute atomic E-state index is 12.0. The Kier molecular flexibility index (Phi) is 2.90. The van der Waals surface area contributed by atoms with Crippen molar-refractivity contribution < 1.29 is 0 Å². The molecule has 3 nitrogen and oxygen atoms in total. The number of rotatable bonds is 1. The van der Waals surface area contributed by atoms with Crippen molar-refractivity contribution >= 4 is 11.0 Å². The third-order valence-corrected chi connectivity index (χ3v) is 3.94. The van der Waals surface area contributed by atoms with Crippen molar-refractivity contribution in [2.45, 2.75) is 45.1 Å². The highest BCUT2D eigenvalue weighted by atomic mass is 16.1. The summed E-state index contributed by atoms with van der Waals surface area (Å²) >= 11 is 0. The predicted molar refractivity (Wildman–Crippen MR) is 72.9 cm³/mol. The molecular weight excluding hydrogens is 224 g/mol. The van der Waals surface area contributed by atoms with Crippen molar-refractivity contribution in [1.29, 1.82) is 0 Å². The molecule has 0 aromatic carbocycles. The SMILES string of the molecule is Cc1cc(=O)c2cccnc2n1C1CCCCC1. The molecule has 0 unspecified atom stereocenters. The lowest BCUT2D eigenvalue weighted by molar-refractivity contribution is 0.354. The van der Waals surface area contributed by atoms with Crippen molar-refractivity contribution in [3.05, 3.63) is 40.3 Å². The van der Waals surface area contributed by atoms with Crippen LogP contribution in [0.25, 0.3) is 11.0 Å². The van der Waals surface area contributed by atoms with Gasteiger partial charge in [-0.2, -0.15) is 0 Å². The van der Waals surface area contributed by atoms with Crippen LogP contribution < -0.4 is 5.43 Å². The highest BCUT2D eigenvalue weighted by Gasteiger charge is 2.19. The summed E-state index contributed by atoms with van der Waals surface area (Å²) in [5.41, 5.74) is 1.98. The molecule has 0 amide bonds. The number of aryl methyl sites for hydroxylation is 1. The summed E-state index contributed by atoms with van der Waals surface area (Å²) < 4.78 is 2.27. The molecule has 0 radical (unpaired) electrons. The van der Waals surface area contributed by atoms with Gasteiger partial charge < -0.3 is 4.57 Å². The van der Waals surface area contributed by atoms with E-state index >= 15 is 0 Å². The van der Waals surface area contributed by atoms with E-state index in [1.54, 1.807) is 12.3 Å². The molecule has 2 aromatic rings. The minimum atomic E-state index is 0.0858. The number of pyridine rings is 2. The van der Waals surface area contributed by atoms with E-state index < -0.39 is 0 Å². The number of fused-ring (bicyclic) bond motifs is 1. The van der Waals surface area contributed by atoms with Crippen molar-refractivity contribution in [3.63, 3.8) is 0 Å². The molecule has 94 valence electrons. The molecule has 2 aromatic heterocycles. The van der Waals surface area contributed by atoms with Crippen LogP contribution in [0, 0.1) is 6.92 Å². The summed E-state index contributed by atoms with van der Waals surface area (Å²) in [7, 11) is 0. The Morgan fingerprint density at radius 3 is 2.83 bits per heavy atom. The second kappa shape index (κ2) is 4.56. The summed E-state index contributed by atoms with van der Waals surface area (Å²) in [5.74, 6) is 0. The third kappa shape index (κ3) is 1.84. The molecule has 0 bridgehead atoms. The predicted octanol–water partition coefficient (Wildman–Crippen LogP) is 3.21. The van der Waals surface area contributed by atoms with E-state index in [1.165, 1.54) is 32.1 Å². The van der Waals surface area contributed by atoms with E-state index in [9.17, 15) is 4.79 Å². The molecule has 1 saturated carbocycles. The Hall–Kier alpha value is -1.64. The van der Waals surface area contributed by atoms with E-state index in [2.05, 4.69) is 9.55 Å². The van der Waals surface area contributed by atoms with Gasteiger partial charge in [0, 0.05) is 24.0 Å². The van der Waals surface area contributed by atoms with Crippen LogP contribution in [0.3, 0.4) is 0 Å². The Morgan fingerprint density at radius 1 is 1.28 bits per heavy atom. The van der Waals surface area contributed by atoms with Crippen LogP contribution >= 0.6 is 0 Å². The smallest absolute Gasteiger partial charge is 0.191 e. The molecule has 1 aliphatic rings. The van der Waals surface area contributed by atoms with Crippen molar-refractivity contribution in [2.24, 2.45) is 0 Å². The number of hydrogen-bond donors (Lipinski definition) is 0. The molecule has 0 atom stereocenters. The van der Waals surface area contributed by atoms with Crippen LogP contribution in [-0.4, -0.2) is 9.55 Å². The lowest BCUT2D eigenvalue weighted by atomic mass is 9.94. The van der Waals surface area contributed by atoms with Gasteiger partial charge in [-0.3, -0.25) is 4.79 Å². The van der Waals surface area contributed by atoms with Gasteiger partial charge in [-0.25, -0.2) is 4.98 Å². The van der Waals surface area contributed by atoms with Crippen LogP contribution in [0.15, 0.2) is 29.2 Å². The zero-order valence-corrected chi connectivity index (χ0v) is 10.7. The summed E-state index contributed by atoms with van der Waals surface area (Å²) in [4.78, 5) is 16.4. The fraction of sp³-hybridized carbons (Fsp3) is 0.467. The van der Waals surface area contributed by atoms with Crippen LogP contribution in [-0.2, 0) is 0 Å². The van der Waals surface area contributed by atoms with Gasteiger partial charge in [-0.05, 0) is 31.9 Å². The fourth-order valence-corrected chi connectivity index (χ4v) is 3.09. The van der Waals surface area contributed by atoms with Crippen LogP contribution in [0.5, 0.6) is 0 Å². The van der Waals surface area contributed by atoms with Crippen LogP contribution in [0.1, 0.15) is 43.8 Å². The van der Waals surface area contributed by atoms with Gasteiger partial charge >= 0.3 is 0 Å². The van der Waals surface area contributed by atoms with Gasteiger partial charge in [0.2, 0.25) is 0 Å². The van der Waals surface area contributed by atoms with Crippen molar-refractivity contribution in [2.75, 3.05) is 0 Å². The molecule has 1 aliphatic carbocycles. The summed E-state index contributed by atoms with van der Waals surface area (Å²) in [6, 6.07) is 5.98. The summed E-state index contributed by atoms with van der Waals surface area (Å²) in [6.07, 6.45) is 8.08. The van der Waals surface area contributed by atoms with Gasteiger partial charge in [0.15, 0.2) is 5.43 Å². The van der Waals surface area contributed by atoms with Crippen LogP contribution in [0.2, 0.25) is 0 Å². The van der Waals surface area contributed by atoms with Crippen molar-refractivity contribution in [3.8, 4) is 0 Å². The zero-order chi connectivity index (χ0) is 12.5. The molecule has 0 N–H and O–H groups in total. The first kappa shape index (κ1) is 11.5. The molecule has 0 spiro atoms. The van der Waals surface area contributed by atoms with Gasteiger partial charge in [-0.15, -0.1) is 0 Å². The maximum Gasteiger partial charge on any atom is 0.191 e. The van der Waals surface area contributed by atoms with Crippen LogP contribution in [0.4, 0.5) is 0 Å². The first-order valence-corrected chi connectivity index (χ1v) is 6.74. The Morgan fingerprint density at radius 2 is 2.06 bits per heavy atom. The fourth-order valence-electron chi connectivity index (χ4n) is 3.09. The molecule has 0 saturated heterocycles. The van der Waals surface area contributed by atoms with Gasteiger partial charge in [0.25, 0.3) is 0 Å². The highest BCUT2D eigenvalue weighted by Crippen LogP contribution is 2.30. The molecule has 3 rings (SSSR count). The van der Waals surface area contributed by atoms with E-state index in [0.29, 0.717) is 6.04 Å². The van der Waals surface area contributed by atoms with Gasteiger partial charge in [0.05, 0.1) is 5.39 Å². The highest BCUT2D eigenvalue weighted by molar-refractivity contribution is 5.75. The molecular formula is C15H18N2O. The largest absolute Gasteiger partial charge is 0.327 e. The summed E-state index contributed by atoms with van der Waals surface area (Å²) in [6.45, 7) is 2.02. The topological polar surface area (TPSA) is 34.9 Å². The standard InChI is InChI=1S/C15H18N2O/c1-11-10-14(18)13-8-5-9-16-15(13)17(11)12-6-3-2-4-7-12/h5,8-10,12H,2-4,6-7H2,1H3. The molecule has 18 heavy (non-hydrogen) atoms. The zero-order valence-electron chi connectivity index (χ0n) is 10.7. The average Bonchev–Trinajstić information content (AvgIpc) is 2.40. The lowest BCUT2D eigenvalue weighted by Crippen LogP contribution is -2.20. The molecule has 1 fully saturated rings. The summed E-state index contributed by atoms with van der Waals surface area (Å²) in [5, 5.41) is 0.744. The second-order valence-corrected chi connectivity index (χ2v) is 5.19. The quantitative estimate of drug-likeness (QED) is 0.769. The average molecular weight is 242 g/mol. The minimum absolute atomic E-state index is 0.0858. The first-order chi connectivity index (χ1) is 8.77. The third-order valence-electron chi connectivity index (χ3n) is 3.94. The molecule has 0 aliphatic heterocycles. The lowest BCUT2D eigenvalue weighted by Gasteiger charge is -2.27. The Labute approximate surface area is 106 Å². The Balaban J connectivity index is 2.23. The minimum Gasteiger partial charge on any atom is -0.327 e. The second-order valence-electron chi connectivity index (χ2n) is 5.19. The molecule has 2 heterocycles. The number of aromatic nitrogens is 2. The van der Waals surface area contributed by atoms with E-state index in [4.69, 9.17) is 0 Å². The van der Waals surface area contributed by atoms with Gasteiger partial charge in [0.1, 0.15) is 5.65 Å².